The third-order valence-electron chi connectivity index (χ3n) is 4.00. The Morgan fingerprint density at radius 2 is 1.86 bits per heavy atom. The average molecular weight is 436 g/mol. The summed E-state index contributed by atoms with van der Waals surface area (Å²) in [6, 6.07) is 14.3. The van der Waals surface area contributed by atoms with Crippen molar-refractivity contribution in [3.05, 3.63) is 64.0 Å². The summed E-state index contributed by atoms with van der Waals surface area (Å²) in [7, 11) is -2.55. The molecule has 3 aromatic rings. The van der Waals surface area contributed by atoms with Crippen molar-refractivity contribution in [3.8, 4) is 11.3 Å². The zero-order chi connectivity index (χ0) is 20.1. The molecule has 0 aliphatic carbocycles. The van der Waals surface area contributed by atoms with Crippen LogP contribution in [0.1, 0.15) is 16.9 Å². The van der Waals surface area contributed by atoms with Gasteiger partial charge in [-0.25, -0.2) is 4.98 Å². The Labute approximate surface area is 172 Å². The maximum absolute atomic E-state index is 12.3. The van der Waals surface area contributed by atoms with Gasteiger partial charge in [0.1, 0.15) is 0 Å². The highest BCUT2D eigenvalue weighted by Crippen LogP contribution is 2.31. The van der Waals surface area contributed by atoms with Crippen LogP contribution >= 0.6 is 31.0 Å². The molecular formula is C19H19ClN3O3PS. The van der Waals surface area contributed by atoms with Crippen molar-refractivity contribution in [2.24, 2.45) is 0 Å². The van der Waals surface area contributed by atoms with Gasteiger partial charge in [0.15, 0.2) is 13.2 Å². The minimum Gasteiger partial charge on any atom is -0.375 e. The Kier molecular flexibility index (Phi) is 6.86. The van der Waals surface area contributed by atoms with Gasteiger partial charge in [-0.15, -0.1) is 11.3 Å². The lowest BCUT2D eigenvalue weighted by Gasteiger charge is -2.07. The summed E-state index contributed by atoms with van der Waals surface area (Å²) in [5.74, 6) is -0.127. The van der Waals surface area contributed by atoms with Crippen molar-refractivity contribution in [3.63, 3.8) is 0 Å². The van der Waals surface area contributed by atoms with Crippen LogP contribution in [0.25, 0.3) is 11.3 Å². The predicted octanol–water partition coefficient (Wildman–Crippen LogP) is 4.58. The van der Waals surface area contributed by atoms with Crippen LogP contribution in [0.2, 0.25) is 5.02 Å². The molecule has 1 atom stereocenters. The number of rotatable bonds is 7. The molecule has 4 N–H and O–H groups in total. The van der Waals surface area contributed by atoms with Crippen LogP contribution in [0.5, 0.6) is 0 Å². The maximum atomic E-state index is 12.3. The number of hydrogen-bond acceptors (Lipinski definition) is 5. The first-order valence-electron chi connectivity index (χ1n) is 8.52. The zero-order valence-corrected chi connectivity index (χ0v) is 17.4. The minimum absolute atomic E-state index is 0.127. The maximum Gasteiger partial charge on any atom is 0.224 e. The molecule has 9 heteroatoms. The fourth-order valence-electron chi connectivity index (χ4n) is 2.70. The highest BCUT2D eigenvalue weighted by Gasteiger charge is 2.14. The lowest BCUT2D eigenvalue weighted by atomic mass is 10.1. The normalized spacial score (nSPS) is 11.9. The van der Waals surface area contributed by atoms with E-state index in [0.717, 1.165) is 21.7 Å². The number of thiazole rings is 1. The topological polar surface area (TPSA) is 105 Å². The van der Waals surface area contributed by atoms with Gasteiger partial charge >= 0.3 is 0 Å². The number of amides is 1. The van der Waals surface area contributed by atoms with Crippen LogP contribution in [0.15, 0.2) is 48.5 Å². The summed E-state index contributed by atoms with van der Waals surface area (Å²) in [6.07, 6.45) is 0.941. The van der Waals surface area contributed by atoms with Crippen LogP contribution in [0.3, 0.4) is 0 Å². The summed E-state index contributed by atoms with van der Waals surface area (Å²) < 4.78 is 10.9. The first-order chi connectivity index (χ1) is 13.4. The van der Waals surface area contributed by atoms with Gasteiger partial charge in [-0.05, 0) is 36.2 Å². The molecule has 0 aliphatic rings. The van der Waals surface area contributed by atoms with Crippen LogP contribution in [0, 0.1) is 0 Å². The molecule has 3 rings (SSSR count). The Hall–Kier alpha value is -2.18. The standard InChI is InChI=1S/C19H19ClN3O3PS/c20-14-5-3-13(4-6-14)18-16(28-19(21)23-18)9-10-17(24)22-15-7-1-12(2-8-15)11-27(25)26/h1-8,27H,9-11H2,(H2,21,23)(H,22,24)(H,25,26). The molecule has 1 unspecified atom stereocenters. The molecule has 0 radical (unpaired) electrons. The summed E-state index contributed by atoms with van der Waals surface area (Å²) in [5, 5.41) is 3.93. The summed E-state index contributed by atoms with van der Waals surface area (Å²) >= 11 is 7.31. The van der Waals surface area contributed by atoms with Gasteiger partial charge in [-0.1, -0.05) is 35.9 Å². The van der Waals surface area contributed by atoms with Gasteiger partial charge in [-0.3, -0.25) is 9.36 Å². The van der Waals surface area contributed by atoms with Crippen LogP contribution < -0.4 is 11.1 Å². The fourth-order valence-corrected chi connectivity index (χ4v) is 4.27. The Bertz CT molecular complexity index is 991. The zero-order valence-electron chi connectivity index (χ0n) is 14.8. The predicted molar refractivity (Wildman–Crippen MR) is 115 cm³/mol. The number of benzene rings is 2. The molecule has 1 heterocycles. The van der Waals surface area contributed by atoms with E-state index in [1.165, 1.54) is 11.3 Å². The molecule has 0 fully saturated rings. The van der Waals surface area contributed by atoms with Crippen LogP contribution in [-0.2, 0) is 21.9 Å². The van der Waals surface area contributed by atoms with Gasteiger partial charge in [0.25, 0.3) is 0 Å². The Balaban J connectivity index is 1.62. The van der Waals surface area contributed by atoms with Crippen molar-refractivity contribution in [2.45, 2.75) is 19.0 Å². The number of aryl methyl sites for hydroxylation is 1. The quantitative estimate of drug-likeness (QED) is 0.471. The summed E-state index contributed by atoms with van der Waals surface area (Å²) in [5.41, 5.74) is 8.96. The lowest BCUT2D eigenvalue weighted by Crippen LogP contribution is -2.12. The van der Waals surface area contributed by atoms with Crippen molar-refractivity contribution in [1.82, 2.24) is 4.98 Å². The second-order valence-corrected chi connectivity index (χ2v) is 8.84. The molecule has 0 aliphatic heterocycles. The van der Waals surface area contributed by atoms with Crippen molar-refractivity contribution in [2.75, 3.05) is 11.1 Å². The number of aromatic nitrogens is 1. The van der Waals surface area contributed by atoms with Gasteiger partial charge in [0.05, 0.1) is 5.69 Å². The van der Waals surface area contributed by atoms with Crippen LogP contribution in [-0.4, -0.2) is 15.8 Å². The SMILES string of the molecule is Nc1nc(-c2ccc(Cl)cc2)c(CCC(=O)Nc2ccc(C[PH](=O)O)cc2)s1. The van der Waals surface area contributed by atoms with E-state index in [2.05, 4.69) is 10.3 Å². The van der Waals surface area contributed by atoms with E-state index in [1.54, 1.807) is 36.4 Å². The molecule has 0 saturated heterocycles. The highest BCUT2D eigenvalue weighted by molar-refractivity contribution is 7.37. The summed E-state index contributed by atoms with van der Waals surface area (Å²) in [4.78, 5) is 26.6. The lowest BCUT2D eigenvalue weighted by molar-refractivity contribution is -0.116. The van der Waals surface area contributed by atoms with Crippen LogP contribution in [0.4, 0.5) is 10.8 Å². The minimum atomic E-state index is -2.55. The number of nitrogens with zero attached hydrogens (tertiary/aromatic N) is 1. The van der Waals surface area contributed by atoms with E-state index >= 15 is 0 Å². The third-order valence-corrected chi connectivity index (χ3v) is 5.91. The van der Waals surface area contributed by atoms with Gasteiger partial charge in [0, 0.05) is 33.7 Å². The second-order valence-electron chi connectivity index (χ2n) is 6.15. The Morgan fingerprint density at radius 3 is 2.50 bits per heavy atom. The average Bonchev–Trinajstić information content (AvgIpc) is 3.02. The van der Waals surface area contributed by atoms with E-state index in [4.69, 9.17) is 22.2 Å². The van der Waals surface area contributed by atoms with Gasteiger partial charge in [0.2, 0.25) is 5.91 Å². The highest BCUT2D eigenvalue weighted by atomic mass is 35.5. The smallest absolute Gasteiger partial charge is 0.224 e. The van der Waals surface area contributed by atoms with E-state index in [0.29, 0.717) is 22.3 Å². The third kappa shape index (κ3) is 5.66. The second kappa shape index (κ2) is 9.34. The van der Waals surface area contributed by atoms with Crippen molar-refractivity contribution >= 4 is 47.7 Å². The molecule has 146 valence electrons. The molecule has 2 aromatic carbocycles. The fraction of sp³-hybridized carbons (Fsp3) is 0.158. The molecule has 1 aromatic heterocycles. The molecule has 0 saturated carbocycles. The molecule has 6 nitrogen and oxygen atoms in total. The number of nitrogen functional groups attached to an aromatic ring is 1. The number of carbonyl (C=O) groups is 1. The van der Waals surface area contributed by atoms with Gasteiger partial charge in [-0.2, -0.15) is 0 Å². The Morgan fingerprint density at radius 1 is 1.18 bits per heavy atom. The number of halogens is 1. The van der Waals surface area contributed by atoms with E-state index in [-0.39, 0.29) is 18.5 Å². The first-order valence-corrected chi connectivity index (χ1v) is 11.3. The molecule has 0 spiro atoms. The van der Waals surface area contributed by atoms with Crippen molar-refractivity contribution < 1.29 is 14.3 Å². The van der Waals surface area contributed by atoms with E-state index in [9.17, 15) is 9.36 Å². The molecular weight excluding hydrogens is 417 g/mol. The number of anilines is 2. The van der Waals surface area contributed by atoms with Gasteiger partial charge < -0.3 is 15.9 Å². The molecule has 1 amide bonds. The first kappa shape index (κ1) is 20.6. The van der Waals surface area contributed by atoms with E-state index < -0.39 is 8.03 Å². The number of carbonyl (C=O) groups excluding carboxylic acids is 1. The monoisotopic (exact) mass is 435 g/mol. The molecule has 0 bridgehead atoms. The largest absolute Gasteiger partial charge is 0.375 e. The number of nitrogens with two attached hydrogens (primary N) is 1. The van der Waals surface area contributed by atoms with E-state index in [1.807, 2.05) is 12.1 Å². The van der Waals surface area contributed by atoms with Crippen molar-refractivity contribution in [1.29, 1.82) is 0 Å². The number of nitrogens with one attached hydrogen (secondary N) is 1. The molecule has 28 heavy (non-hydrogen) atoms. The number of hydrogen-bond donors (Lipinski definition) is 3. The summed E-state index contributed by atoms with van der Waals surface area (Å²) in [6.45, 7) is 0.